The highest BCUT2D eigenvalue weighted by Gasteiger charge is 2.14. The van der Waals surface area contributed by atoms with Gasteiger partial charge in [-0.3, -0.25) is 9.59 Å². The van der Waals surface area contributed by atoms with Gasteiger partial charge in [-0.2, -0.15) is 0 Å². The van der Waals surface area contributed by atoms with Gasteiger partial charge in [-0.05, 0) is 60.7 Å². The summed E-state index contributed by atoms with van der Waals surface area (Å²) in [6.45, 7) is 15.0. The highest BCUT2D eigenvalue weighted by molar-refractivity contribution is 5.97. The van der Waals surface area contributed by atoms with Gasteiger partial charge in [0.25, 0.3) is 5.91 Å². The number of aliphatic hydroxyl groups is 1. The zero-order valence-corrected chi connectivity index (χ0v) is 24.5. The topological polar surface area (TPSA) is 108 Å². The van der Waals surface area contributed by atoms with Crippen LogP contribution in [0.2, 0.25) is 0 Å². The van der Waals surface area contributed by atoms with Crippen molar-refractivity contribution in [1.29, 1.82) is 0 Å². The molecule has 0 fully saturated rings. The molecule has 4 N–H and O–H groups in total. The summed E-state index contributed by atoms with van der Waals surface area (Å²) in [6.07, 6.45) is 2.68. The van der Waals surface area contributed by atoms with Gasteiger partial charge in [-0.1, -0.05) is 83.5 Å². The van der Waals surface area contributed by atoms with Crippen LogP contribution in [0.25, 0.3) is 0 Å². The summed E-state index contributed by atoms with van der Waals surface area (Å²) in [5, 5.41) is 23.2. The number of nitrogens with one attached hydrogen (secondary N) is 2. The van der Waals surface area contributed by atoms with E-state index >= 15 is 0 Å². The highest BCUT2D eigenvalue weighted by Crippen LogP contribution is 2.32. The zero-order chi connectivity index (χ0) is 29.6. The van der Waals surface area contributed by atoms with E-state index in [1.54, 1.807) is 12.1 Å². The molecule has 0 bridgehead atoms. The van der Waals surface area contributed by atoms with Gasteiger partial charge in [0.05, 0.1) is 12.2 Å². The van der Waals surface area contributed by atoms with Crippen molar-refractivity contribution in [3.8, 4) is 17.2 Å². The van der Waals surface area contributed by atoms with E-state index in [0.717, 1.165) is 35.3 Å². The quantitative estimate of drug-likeness (QED) is 0.175. The van der Waals surface area contributed by atoms with Gasteiger partial charge in [0, 0.05) is 13.1 Å². The Kier molecular flexibility index (Phi) is 19.1. The van der Waals surface area contributed by atoms with Crippen molar-refractivity contribution >= 4 is 12.3 Å². The average Bonchev–Trinajstić information content (AvgIpc) is 2.96. The Hall–Kier alpha value is -3.84. The summed E-state index contributed by atoms with van der Waals surface area (Å²) >= 11 is 0. The lowest BCUT2D eigenvalue weighted by Crippen LogP contribution is -2.22. The van der Waals surface area contributed by atoms with E-state index in [1.165, 1.54) is 11.6 Å². The van der Waals surface area contributed by atoms with E-state index in [-0.39, 0.29) is 23.8 Å². The van der Waals surface area contributed by atoms with Crippen molar-refractivity contribution in [2.45, 2.75) is 67.9 Å². The molecule has 3 aromatic carbocycles. The summed E-state index contributed by atoms with van der Waals surface area (Å²) < 4.78 is 6.09. The average molecular weight is 539 g/mol. The van der Waals surface area contributed by atoms with Gasteiger partial charge in [-0.25, -0.2) is 0 Å². The number of carbonyl (C=O) groups excluding carboxylic acids is 2. The van der Waals surface area contributed by atoms with Crippen molar-refractivity contribution < 1.29 is 24.5 Å². The minimum absolute atomic E-state index is 0.0126. The second kappa shape index (κ2) is 21.1. The van der Waals surface area contributed by atoms with Crippen LogP contribution < -0.4 is 15.4 Å². The molecule has 7 heteroatoms. The normalized spacial score (nSPS) is 9.33. The molecule has 0 heterocycles. The fourth-order valence-corrected chi connectivity index (χ4v) is 3.51. The Labute approximate surface area is 234 Å². The number of phenolic OH excluding ortho intramolecular Hbond substituents is 1. The Morgan fingerprint density at radius 1 is 0.923 bits per heavy atom. The Morgan fingerprint density at radius 2 is 1.54 bits per heavy atom. The molecule has 0 aliphatic heterocycles. The van der Waals surface area contributed by atoms with Gasteiger partial charge < -0.3 is 25.6 Å². The van der Waals surface area contributed by atoms with E-state index in [4.69, 9.17) is 9.84 Å². The Bertz CT molecular complexity index is 1080. The second-order valence-corrected chi connectivity index (χ2v) is 8.05. The van der Waals surface area contributed by atoms with Crippen LogP contribution in [0, 0.1) is 13.8 Å². The molecule has 7 nitrogen and oxygen atoms in total. The fourth-order valence-electron chi connectivity index (χ4n) is 3.51. The smallest absolute Gasteiger partial charge is 0.255 e. The highest BCUT2D eigenvalue weighted by atomic mass is 16.5. The number of aryl methyl sites for hydroxylation is 3. The van der Waals surface area contributed by atoms with Gasteiger partial charge in [0.2, 0.25) is 6.41 Å². The number of carbonyl (C=O) groups is 2. The molecule has 0 atom stereocenters. The minimum Gasteiger partial charge on any atom is -0.507 e. The van der Waals surface area contributed by atoms with E-state index in [0.29, 0.717) is 25.2 Å². The molecule has 0 spiro atoms. The number of rotatable bonds is 10. The predicted octanol–water partition coefficient (Wildman–Crippen LogP) is 6.46. The number of phenols is 1. The molecule has 0 aliphatic carbocycles. The van der Waals surface area contributed by atoms with Crippen molar-refractivity contribution in [3.63, 3.8) is 0 Å². The largest absolute Gasteiger partial charge is 0.507 e. The minimum atomic E-state index is -0.344. The summed E-state index contributed by atoms with van der Waals surface area (Å²) in [5.41, 5.74) is 4.58. The van der Waals surface area contributed by atoms with Crippen LogP contribution >= 0.6 is 0 Å². The van der Waals surface area contributed by atoms with Gasteiger partial charge in [0.1, 0.15) is 17.2 Å². The van der Waals surface area contributed by atoms with Crippen molar-refractivity contribution in [2.75, 3.05) is 13.2 Å². The maximum atomic E-state index is 12.6. The molecule has 3 rings (SSSR count). The van der Waals surface area contributed by atoms with Crippen molar-refractivity contribution in [3.05, 3.63) is 88.5 Å². The fraction of sp³-hybridized carbons (Fsp3) is 0.375. The first-order valence-electron chi connectivity index (χ1n) is 13.6. The zero-order valence-electron chi connectivity index (χ0n) is 24.5. The molecule has 214 valence electrons. The van der Waals surface area contributed by atoms with Crippen LogP contribution in [0.4, 0.5) is 0 Å². The van der Waals surface area contributed by atoms with Crippen LogP contribution in [0.3, 0.4) is 0 Å². The van der Waals surface area contributed by atoms with Gasteiger partial charge in [0.15, 0.2) is 0 Å². The number of aromatic hydroxyl groups is 1. The standard InChI is InChI=1S/C25H27NO3.C3H7NO2.2C2H6/c1-4-8-20-13-17(2)24(18(3)14-20)29-21-11-12-23(27)22(15-21)25(28)26-16-19-9-6-5-7-10-19;5-2-1-4-3-6;2*1-2/h5-7,9-15,27H,4,8,16H2,1-3H3,(H,26,28);3,5H,1-2H2,(H,4,6);2*1-2H3. The molecule has 3 aromatic rings. The van der Waals surface area contributed by atoms with Crippen LogP contribution in [0.5, 0.6) is 17.2 Å². The summed E-state index contributed by atoms with van der Waals surface area (Å²) in [5.74, 6) is 0.881. The van der Waals surface area contributed by atoms with E-state index in [2.05, 4.69) is 29.7 Å². The van der Waals surface area contributed by atoms with Crippen molar-refractivity contribution in [1.82, 2.24) is 10.6 Å². The molecule has 0 aromatic heterocycles. The van der Waals surface area contributed by atoms with Crippen LogP contribution in [-0.2, 0) is 17.8 Å². The van der Waals surface area contributed by atoms with Gasteiger partial charge >= 0.3 is 0 Å². The van der Waals surface area contributed by atoms with Crippen LogP contribution in [-0.4, -0.2) is 35.7 Å². The first-order valence-corrected chi connectivity index (χ1v) is 13.6. The lowest BCUT2D eigenvalue weighted by molar-refractivity contribution is -0.109. The number of amides is 2. The molecule has 0 saturated heterocycles. The summed E-state index contributed by atoms with van der Waals surface area (Å²) in [4.78, 5) is 21.9. The van der Waals surface area contributed by atoms with Crippen LogP contribution in [0.1, 0.15) is 73.7 Å². The number of hydrogen-bond donors (Lipinski definition) is 4. The SMILES string of the molecule is CC.CC.CCCc1cc(C)c(Oc2ccc(O)c(C(=O)NCc3ccccc3)c2)c(C)c1.O=CNCCO. The predicted molar refractivity (Wildman–Crippen MR) is 160 cm³/mol. The lowest BCUT2D eigenvalue weighted by Gasteiger charge is -2.15. The molecule has 0 saturated carbocycles. The van der Waals surface area contributed by atoms with Crippen LogP contribution in [0.15, 0.2) is 60.7 Å². The van der Waals surface area contributed by atoms with E-state index in [1.807, 2.05) is 71.9 Å². The summed E-state index contributed by atoms with van der Waals surface area (Å²) in [6, 6.07) is 18.7. The first kappa shape index (κ1) is 35.2. The Balaban J connectivity index is 0.00000126. The maximum Gasteiger partial charge on any atom is 0.255 e. The third-order valence-electron chi connectivity index (χ3n) is 5.13. The summed E-state index contributed by atoms with van der Waals surface area (Å²) in [7, 11) is 0. The van der Waals surface area contributed by atoms with E-state index in [9.17, 15) is 14.7 Å². The third-order valence-corrected chi connectivity index (χ3v) is 5.13. The molecule has 39 heavy (non-hydrogen) atoms. The number of hydrogen-bond acceptors (Lipinski definition) is 5. The first-order chi connectivity index (χ1) is 18.9. The third kappa shape index (κ3) is 13.0. The second-order valence-electron chi connectivity index (χ2n) is 8.05. The number of benzene rings is 3. The lowest BCUT2D eigenvalue weighted by atomic mass is 10.0. The van der Waals surface area contributed by atoms with E-state index < -0.39 is 0 Å². The van der Waals surface area contributed by atoms with Gasteiger partial charge in [-0.15, -0.1) is 0 Å². The molecule has 0 radical (unpaired) electrons. The molecular weight excluding hydrogens is 492 g/mol. The maximum absolute atomic E-state index is 12.6. The van der Waals surface area contributed by atoms with Crippen molar-refractivity contribution in [2.24, 2.45) is 0 Å². The monoisotopic (exact) mass is 538 g/mol. The Morgan fingerprint density at radius 3 is 2.05 bits per heavy atom. The molecule has 0 unspecified atom stereocenters. The molecular formula is C32H46N2O5. The number of ether oxygens (including phenoxy) is 1. The molecule has 0 aliphatic rings. The number of aliphatic hydroxyl groups excluding tert-OH is 1. The molecule has 2 amide bonds.